The number of pyridine rings is 2. The summed E-state index contributed by atoms with van der Waals surface area (Å²) < 4.78 is 26.8. The van der Waals surface area contributed by atoms with Crippen LogP contribution in [0.5, 0.6) is 23.0 Å². The van der Waals surface area contributed by atoms with E-state index in [4.69, 9.17) is 30.2 Å². The number of amides is 1. The zero-order valence-corrected chi connectivity index (χ0v) is 59.3. The van der Waals surface area contributed by atoms with Gasteiger partial charge in [-0.3, -0.25) is 14.4 Å². The number of aromatic hydroxyl groups is 1. The molecule has 8 N–H and O–H groups in total. The van der Waals surface area contributed by atoms with Crippen molar-refractivity contribution in [3.05, 3.63) is 327 Å². The average molecular weight is 1360 g/mol. The summed E-state index contributed by atoms with van der Waals surface area (Å²) in [6.07, 6.45) is -0.842. The van der Waals surface area contributed by atoms with Crippen LogP contribution in [0.1, 0.15) is 172 Å². The summed E-state index contributed by atoms with van der Waals surface area (Å²) in [5.41, 5.74) is 20.2. The number of phenolic OH excluding ortho intramolecular Hbond substituents is 1. The van der Waals surface area contributed by atoms with E-state index in [2.05, 4.69) is 24.8 Å². The van der Waals surface area contributed by atoms with Crippen molar-refractivity contribution in [3.63, 3.8) is 0 Å². The molecule has 18 heteroatoms. The molecule has 2 aromatic heterocycles. The molecule has 8 aromatic carbocycles. The Morgan fingerprint density at radius 1 is 0.430 bits per heavy atom. The first-order valence-electron chi connectivity index (χ1n) is 32.4. The Hall–Kier alpha value is -11.3. The molecule has 0 aliphatic rings. The van der Waals surface area contributed by atoms with Gasteiger partial charge < -0.3 is 60.0 Å². The minimum Gasteiger partial charge on any atom is -0.508 e. The maximum Gasteiger partial charge on any atom is 0.337 e. The number of aromatic amines is 2. The van der Waals surface area contributed by atoms with Crippen LogP contribution >= 0.6 is 0 Å². The molecule has 0 saturated carbocycles. The molecule has 1 amide bonds. The number of methoxy groups -OCH3 is 2. The quantitative estimate of drug-likeness (QED) is 0.0417. The predicted octanol–water partition coefficient (Wildman–Crippen LogP) is 15.8. The number of carbonyl (C=O) groups excluding carboxylic acids is 3. The number of esters is 2. The number of hydrogen-bond acceptors (Lipinski definition) is 14. The van der Waals surface area contributed by atoms with Crippen molar-refractivity contribution in [3.8, 4) is 23.0 Å². The number of aromatic nitrogens is 2. The average Bonchev–Trinajstić information content (AvgIpc) is 0.877. The van der Waals surface area contributed by atoms with Gasteiger partial charge in [-0.25, -0.2) is 14.4 Å². The van der Waals surface area contributed by atoms with Gasteiger partial charge in [-0.2, -0.15) is 0 Å². The molecule has 0 saturated heterocycles. The van der Waals surface area contributed by atoms with Crippen LogP contribution < -0.4 is 36.4 Å². The topological polar surface area (TPSA) is 279 Å². The van der Waals surface area contributed by atoms with Gasteiger partial charge in [0.2, 0.25) is 0 Å². The smallest absolute Gasteiger partial charge is 0.337 e. The minimum atomic E-state index is -0.918. The monoisotopic (exact) mass is 1360 g/mol. The number of H-pyrrole nitrogens is 2. The Kier molecular flexibility index (Phi) is 31.6. The highest BCUT2D eigenvalue weighted by molar-refractivity contribution is 5.94. The van der Waals surface area contributed by atoms with Crippen molar-refractivity contribution < 1.29 is 58.2 Å². The number of benzene rings is 8. The van der Waals surface area contributed by atoms with E-state index < -0.39 is 12.1 Å². The third kappa shape index (κ3) is 26.2. The van der Waals surface area contributed by atoms with Crippen LogP contribution in [0.3, 0.4) is 0 Å². The standard InChI is InChI=1S/C24H26N2O3.C17H18O3.C16H16O3.C10H12O3.C8H12N2O.C7H8O/c1-15-5-11-21(12-6-15)29-18(4)19-7-9-20(10-8-19)23(27)25-14-22-16(2)13-17(3)26-24(22)28;1-12-4-10-16(11-5-12)20-13(2)14-6-8-15(9-7-14)17(18)19-3;1-11-3-9-15(10-4-11)19-12(2)13-5-7-14(8-6-13)16(17)18;1-7(11)8-3-5-9(6-4-8)10(12)13-2;1-5-3-6(2)10-8(11)7(5)4-9;1-6-2-4-7(8)5-3-6/h5-13,18H,14H2,1-4H3,(H,25,27)(H,26,28);4-11,13H,1-3H3;3-10,12H,1-2H3,(H,17,18);3-7,11H,1-2H3;3H,4,9H2,1-2H3,(H,10,11);2-5,8H,1H3. The third-order valence-corrected chi connectivity index (χ3v) is 15.5. The molecule has 10 rings (SSSR count). The van der Waals surface area contributed by atoms with Crippen molar-refractivity contribution in [2.75, 3.05) is 14.2 Å². The number of carbonyl (C=O) groups is 4. The van der Waals surface area contributed by atoms with Crippen LogP contribution in [-0.2, 0) is 22.6 Å². The molecule has 2 heterocycles. The molecule has 0 bridgehead atoms. The number of hydrogen-bond donors (Lipinski definition) is 7. The summed E-state index contributed by atoms with van der Waals surface area (Å²) >= 11 is 0. The van der Waals surface area contributed by atoms with Gasteiger partial charge in [-0.15, -0.1) is 0 Å². The molecule has 524 valence electrons. The Balaban J connectivity index is 0.000000226. The number of carboxylic acid groups (broad SMARTS) is 1. The van der Waals surface area contributed by atoms with E-state index in [1.54, 1.807) is 91.9 Å². The summed E-state index contributed by atoms with van der Waals surface area (Å²) in [4.78, 5) is 74.3. The van der Waals surface area contributed by atoms with Gasteiger partial charge in [0.25, 0.3) is 17.0 Å². The lowest BCUT2D eigenvalue weighted by Gasteiger charge is -2.16. The van der Waals surface area contributed by atoms with Crippen molar-refractivity contribution in [2.24, 2.45) is 5.73 Å². The predicted molar refractivity (Wildman–Crippen MR) is 392 cm³/mol. The lowest BCUT2D eigenvalue weighted by molar-refractivity contribution is 0.0591. The summed E-state index contributed by atoms with van der Waals surface area (Å²) in [7, 11) is 2.71. The summed E-state index contributed by atoms with van der Waals surface area (Å²) in [6.45, 7) is 23.6. The number of aryl methyl sites for hydroxylation is 8. The summed E-state index contributed by atoms with van der Waals surface area (Å²) in [6, 6.07) is 62.6. The van der Waals surface area contributed by atoms with Crippen LogP contribution in [0.2, 0.25) is 0 Å². The van der Waals surface area contributed by atoms with Crippen molar-refractivity contribution in [1.82, 2.24) is 15.3 Å². The number of rotatable bonds is 17. The van der Waals surface area contributed by atoms with E-state index in [-0.39, 0.29) is 59.4 Å². The van der Waals surface area contributed by atoms with E-state index in [0.717, 1.165) is 62.0 Å². The molecule has 10 aromatic rings. The van der Waals surface area contributed by atoms with Gasteiger partial charge >= 0.3 is 17.9 Å². The second-order valence-corrected chi connectivity index (χ2v) is 23.8. The fourth-order valence-corrected chi connectivity index (χ4v) is 9.54. The number of nitrogens with one attached hydrogen (secondary N) is 3. The molecular formula is C82H92N4O14. The number of phenols is 1. The van der Waals surface area contributed by atoms with Crippen LogP contribution in [0.25, 0.3) is 0 Å². The van der Waals surface area contributed by atoms with Crippen molar-refractivity contribution in [2.45, 2.75) is 121 Å². The Labute approximate surface area is 585 Å². The minimum absolute atomic E-state index is 0.0648. The molecule has 0 fully saturated rings. The number of aromatic carboxylic acids is 1. The first-order chi connectivity index (χ1) is 47.6. The number of aliphatic hydroxyl groups is 1. The molecule has 0 aliphatic carbocycles. The van der Waals surface area contributed by atoms with Gasteiger partial charge in [0, 0.05) is 41.2 Å². The van der Waals surface area contributed by atoms with Gasteiger partial charge in [0.15, 0.2) is 0 Å². The maximum absolute atomic E-state index is 12.5. The van der Waals surface area contributed by atoms with E-state index in [9.17, 15) is 33.9 Å². The zero-order valence-electron chi connectivity index (χ0n) is 59.3. The van der Waals surface area contributed by atoms with Crippen molar-refractivity contribution >= 4 is 23.8 Å². The number of carboxylic acids is 1. The molecule has 0 radical (unpaired) electrons. The van der Waals surface area contributed by atoms with Gasteiger partial charge in [-0.05, 0) is 226 Å². The number of aliphatic hydroxyl groups excluding tert-OH is 1. The lowest BCUT2D eigenvalue weighted by Crippen LogP contribution is -2.27. The summed E-state index contributed by atoms with van der Waals surface area (Å²) in [5.74, 6) is 0.947. The molecule has 0 aliphatic heterocycles. The van der Waals surface area contributed by atoms with E-state index in [0.29, 0.717) is 40.1 Å². The Bertz CT molecular complexity index is 4300. The number of nitrogens with two attached hydrogens (primary N) is 1. The Morgan fingerprint density at radius 3 is 1.02 bits per heavy atom. The third-order valence-electron chi connectivity index (χ3n) is 15.5. The first-order valence-corrected chi connectivity index (χ1v) is 32.4. The number of ether oxygens (including phenoxy) is 5. The van der Waals surface area contributed by atoms with Crippen LogP contribution in [0.4, 0.5) is 0 Å². The molecular weight excluding hydrogens is 1260 g/mol. The summed E-state index contributed by atoms with van der Waals surface area (Å²) in [5, 5.41) is 29.6. The molecule has 18 nitrogen and oxygen atoms in total. The Morgan fingerprint density at radius 2 is 0.730 bits per heavy atom. The van der Waals surface area contributed by atoms with Crippen molar-refractivity contribution in [1.29, 1.82) is 0 Å². The highest BCUT2D eigenvalue weighted by Gasteiger charge is 2.15. The van der Waals surface area contributed by atoms with Gasteiger partial charge in [-0.1, -0.05) is 119 Å². The van der Waals surface area contributed by atoms with Gasteiger partial charge in [0.1, 0.15) is 41.3 Å². The zero-order chi connectivity index (χ0) is 73.6. The highest BCUT2D eigenvalue weighted by Crippen LogP contribution is 2.26. The van der Waals surface area contributed by atoms with Crippen LogP contribution in [0, 0.1) is 55.4 Å². The second-order valence-electron chi connectivity index (χ2n) is 23.8. The van der Waals surface area contributed by atoms with Crippen LogP contribution in [0.15, 0.2) is 216 Å². The van der Waals surface area contributed by atoms with E-state index >= 15 is 0 Å². The lowest BCUT2D eigenvalue weighted by atomic mass is 10.1. The molecule has 4 unspecified atom stereocenters. The molecule has 0 spiro atoms. The molecule has 100 heavy (non-hydrogen) atoms. The van der Waals surface area contributed by atoms with Gasteiger partial charge in [0.05, 0.1) is 37.0 Å². The fourth-order valence-electron chi connectivity index (χ4n) is 9.54. The van der Waals surface area contributed by atoms with Crippen LogP contribution in [-0.4, -0.2) is 63.3 Å². The molecule has 4 atom stereocenters. The van der Waals surface area contributed by atoms with E-state index in [1.807, 2.05) is 197 Å². The van der Waals surface area contributed by atoms with E-state index in [1.165, 1.54) is 36.5 Å². The largest absolute Gasteiger partial charge is 0.508 e. The fraction of sp³-hybridized carbons (Fsp3) is 0.244. The second kappa shape index (κ2) is 39.8. The first kappa shape index (κ1) is 79.3. The SMILES string of the molecule is COC(=O)c1ccc(C(C)O)cc1.COC(=O)c1ccc(C(C)Oc2ccc(C)cc2)cc1.Cc1cc(C)c(CN)c(=O)[nH]1.Cc1ccc(O)cc1.Cc1ccc(OC(C)c2ccc(C(=O)NCc3c(C)cc(C)[nH]c3=O)cc2)cc1.Cc1ccc(OC(C)c2ccc(C(=O)O)cc2)cc1. The normalized spacial score (nSPS) is 11.4. The highest BCUT2D eigenvalue weighted by atomic mass is 16.5. The maximum atomic E-state index is 12.5.